The topological polar surface area (TPSA) is 99.8 Å². The van der Waals surface area contributed by atoms with E-state index in [0.717, 1.165) is 33.4 Å². The summed E-state index contributed by atoms with van der Waals surface area (Å²) in [6, 6.07) is 5.65. The third-order valence-electron chi connectivity index (χ3n) is 5.26. The summed E-state index contributed by atoms with van der Waals surface area (Å²) in [7, 11) is 1.63. The molecule has 0 radical (unpaired) electrons. The van der Waals surface area contributed by atoms with E-state index in [1.165, 1.54) is 11.9 Å². The van der Waals surface area contributed by atoms with Crippen molar-refractivity contribution in [3.05, 3.63) is 35.7 Å². The molecule has 154 valence electrons. The van der Waals surface area contributed by atoms with Crippen molar-refractivity contribution in [1.82, 2.24) is 19.3 Å². The van der Waals surface area contributed by atoms with Gasteiger partial charge in [-0.3, -0.25) is 5.84 Å². The fourth-order valence-electron chi connectivity index (χ4n) is 3.71. The summed E-state index contributed by atoms with van der Waals surface area (Å²) in [5, 5.41) is 3.92. The van der Waals surface area contributed by atoms with Crippen LogP contribution in [-0.2, 0) is 6.54 Å². The molecule has 1 unspecified atom stereocenters. The fourth-order valence-corrected chi connectivity index (χ4v) is 4.48. The lowest BCUT2D eigenvalue weighted by atomic mass is 10.1. The predicted octanol–water partition coefficient (Wildman–Crippen LogP) is 2.23. The lowest BCUT2D eigenvalue weighted by molar-refractivity contribution is 0.200. The first-order valence-electron chi connectivity index (χ1n) is 9.47. The quantitative estimate of drug-likeness (QED) is 0.447. The molecular formula is C19H25N7O2S. The van der Waals surface area contributed by atoms with Gasteiger partial charge in [-0.15, -0.1) is 0 Å². The Kier molecular flexibility index (Phi) is 5.48. The summed E-state index contributed by atoms with van der Waals surface area (Å²) in [5.41, 5.74) is 2.81. The smallest absolute Gasteiger partial charge is 0.321 e. The molecule has 3 N–H and O–H groups in total. The van der Waals surface area contributed by atoms with E-state index in [9.17, 15) is 4.79 Å². The van der Waals surface area contributed by atoms with Gasteiger partial charge in [0, 0.05) is 36.9 Å². The average Bonchev–Trinajstić information content (AvgIpc) is 3.09. The van der Waals surface area contributed by atoms with Crippen LogP contribution in [0.25, 0.3) is 0 Å². The first-order valence-corrected chi connectivity index (χ1v) is 10.2. The molecule has 0 aliphatic carbocycles. The van der Waals surface area contributed by atoms with Crippen molar-refractivity contribution in [2.24, 2.45) is 5.84 Å². The van der Waals surface area contributed by atoms with Gasteiger partial charge >= 0.3 is 6.03 Å². The van der Waals surface area contributed by atoms with Gasteiger partial charge in [0.25, 0.3) is 0 Å². The highest BCUT2D eigenvalue weighted by atomic mass is 32.2. The number of piperazine rings is 1. The number of hydrogen-bond acceptors (Lipinski definition) is 8. The van der Waals surface area contributed by atoms with Crippen LogP contribution in [-0.4, -0.2) is 58.1 Å². The summed E-state index contributed by atoms with van der Waals surface area (Å²) in [4.78, 5) is 25.7. The van der Waals surface area contributed by atoms with Crippen molar-refractivity contribution < 1.29 is 9.53 Å². The Morgan fingerprint density at radius 1 is 1.34 bits per heavy atom. The number of carbonyl (C=O) groups excluding carboxylic acids is 1. The highest BCUT2D eigenvalue weighted by Gasteiger charge is 2.32. The van der Waals surface area contributed by atoms with Gasteiger partial charge in [0.2, 0.25) is 0 Å². The van der Waals surface area contributed by atoms with Crippen LogP contribution in [0.2, 0.25) is 0 Å². The number of nitrogens with two attached hydrogens (primary N) is 1. The van der Waals surface area contributed by atoms with Crippen molar-refractivity contribution in [3.8, 4) is 5.75 Å². The number of methoxy groups -OCH3 is 1. The maximum atomic E-state index is 12.8. The van der Waals surface area contributed by atoms with E-state index in [2.05, 4.69) is 27.1 Å². The number of nitrogens with zero attached hydrogens (tertiary/aromatic N) is 5. The highest BCUT2D eigenvalue weighted by molar-refractivity contribution is 7.97. The van der Waals surface area contributed by atoms with Crippen molar-refractivity contribution in [2.75, 3.05) is 37.0 Å². The Hall–Kier alpha value is -2.56. The number of aromatic nitrogens is 2. The molecule has 29 heavy (non-hydrogen) atoms. The molecule has 1 saturated heterocycles. The van der Waals surface area contributed by atoms with E-state index in [-0.39, 0.29) is 12.1 Å². The van der Waals surface area contributed by atoms with Crippen molar-refractivity contribution in [2.45, 2.75) is 31.5 Å². The fraction of sp³-hybridized carbons (Fsp3) is 0.421. The third kappa shape index (κ3) is 3.96. The monoisotopic (exact) mass is 415 g/mol. The van der Waals surface area contributed by atoms with Crippen LogP contribution in [0.1, 0.15) is 18.1 Å². The minimum absolute atomic E-state index is 0.0960. The van der Waals surface area contributed by atoms with Gasteiger partial charge in [-0.2, -0.15) is 4.41 Å². The Bertz CT molecular complexity index is 925. The largest absolute Gasteiger partial charge is 0.497 e. The molecule has 1 aromatic heterocycles. The number of hydrazine groups is 1. The number of nitrogens with one attached hydrogen (secondary N) is 1. The van der Waals surface area contributed by atoms with Crippen LogP contribution in [0.4, 0.5) is 16.3 Å². The van der Waals surface area contributed by atoms with Crippen LogP contribution in [0.3, 0.4) is 0 Å². The third-order valence-corrected chi connectivity index (χ3v) is 6.15. The Balaban J connectivity index is 1.43. The SMILES string of the molecule is COc1ccc(NC(=O)N2CCN(c3ncnc4c3CN(N)S4)C(C)C2)c(C)c1. The molecule has 1 atom stereocenters. The van der Waals surface area contributed by atoms with Gasteiger partial charge in [-0.05, 0) is 49.6 Å². The molecule has 2 aromatic rings. The van der Waals surface area contributed by atoms with Gasteiger partial charge in [0.15, 0.2) is 0 Å². The molecule has 4 rings (SSSR count). The molecule has 3 heterocycles. The summed E-state index contributed by atoms with van der Waals surface area (Å²) in [6.07, 6.45) is 1.58. The Morgan fingerprint density at radius 3 is 2.90 bits per heavy atom. The van der Waals surface area contributed by atoms with Crippen molar-refractivity contribution in [1.29, 1.82) is 0 Å². The summed E-state index contributed by atoms with van der Waals surface area (Å²) in [6.45, 7) is 6.60. The van der Waals surface area contributed by atoms with Gasteiger partial charge in [-0.25, -0.2) is 14.8 Å². The lowest BCUT2D eigenvalue weighted by Gasteiger charge is -2.41. The second-order valence-electron chi connectivity index (χ2n) is 7.25. The molecule has 1 fully saturated rings. The number of fused-ring (bicyclic) bond motifs is 1. The number of ether oxygens (including phenoxy) is 1. The molecular weight excluding hydrogens is 390 g/mol. The van der Waals surface area contributed by atoms with E-state index in [0.29, 0.717) is 26.2 Å². The van der Waals surface area contributed by atoms with Crippen molar-refractivity contribution >= 4 is 29.5 Å². The summed E-state index contributed by atoms with van der Waals surface area (Å²) in [5.74, 6) is 7.61. The molecule has 0 spiro atoms. The van der Waals surface area contributed by atoms with Crippen LogP contribution >= 0.6 is 11.9 Å². The molecule has 10 heteroatoms. The number of aryl methyl sites for hydroxylation is 1. The molecule has 2 aliphatic rings. The molecule has 2 aliphatic heterocycles. The molecule has 0 saturated carbocycles. The number of benzene rings is 1. The van der Waals surface area contributed by atoms with Gasteiger partial charge in [0.05, 0.1) is 13.7 Å². The van der Waals surface area contributed by atoms with Gasteiger partial charge in [0.1, 0.15) is 22.9 Å². The second-order valence-corrected chi connectivity index (χ2v) is 8.29. The van der Waals surface area contributed by atoms with Crippen LogP contribution in [0, 0.1) is 6.92 Å². The second kappa shape index (κ2) is 8.05. The zero-order valence-electron chi connectivity index (χ0n) is 16.8. The van der Waals surface area contributed by atoms with Crippen LogP contribution in [0.15, 0.2) is 29.6 Å². The number of amides is 2. The highest BCUT2D eigenvalue weighted by Crippen LogP contribution is 2.37. The van der Waals surface area contributed by atoms with E-state index in [1.54, 1.807) is 17.9 Å². The standard InChI is InChI=1S/C19H25N7O2S/c1-12-8-14(28-3)4-5-16(12)23-19(27)24-6-7-25(13(2)9-24)17-15-10-26(20)29-18(15)22-11-21-17/h4-5,8,11,13H,6-7,9-10,20H2,1-3H3,(H,23,27). The molecule has 9 nitrogen and oxygen atoms in total. The minimum Gasteiger partial charge on any atom is -0.497 e. The normalized spacial score (nSPS) is 19.2. The zero-order chi connectivity index (χ0) is 20.5. The number of rotatable bonds is 3. The molecule has 0 bridgehead atoms. The number of hydrogen-bond donors (Lipinski definition) is 2. The first kappa shape index (κ1) is 19.7. The maximum absolute atomic E-state index is 12.8. The Morgan fingerprint density at radius 2 is 2.17 bits per heavy atom. The average molecular weight is 416 g/mol. The van der Waals surface area contributed by atoms with Crippen LogP contribution < -0.4 is 20.8 Å². The van der Waals surface area contributed by atoms with E-state index >= 15 is 0 Å². The van der Waals surface area contributed by atoms with E-state index < -0.39 is 0 Å². The number of anilines is 2. The van der Waals surface area contributed by atoms with Crippen LogP contribution in [0.5, 0.6) is 5.75 Å². The first-order chi connectivity index (χ1) is 14.0. The number of urea groups is 1. The van der Waals surface area contributed by atoms with E-state index in [1.807, 2.05) is 30.0 Å². The maximum Gasteiger partial charge on any atom is 0.321 e. The van der Waals surface area contributed by atoms with Crippen molar-refractivity contribution in [3.63, 3.8) is 0 Å². The summed E-state index contributed by atoms with van der Waals surface area (Å²) < 4.78 is 6.89. The molecule has 2 amide bonds. The van der Waals surface area contributed by atoms with Gasteiger partial charge in [-0.1, -0.05) is 0 Å². The van der Waals surface area contributed by atoms with E-state index in [4.69, 9.17) is 10.6 Å². The zero-order valence-corrected chi connectivity index (χ0v) is 17.6. The minimum atomic E-state index is -0.0960. The predicted molar refractivity (Wildman–Crippen MR) is 113 cm³/mol. The lowest BCUT2D eigenvalue weighted by Crippen LogP contribution is -2.55. The number of carbonyl (C=O) groups is 1. The summed E-state index contributed by atoms with van der Waals surface area (Å²) >= 11 is 1.43. The Labute approximate surface area is 174 Å². The van der Waals surface area contributed by atoms with Gasteiger partial charge < -0.3 is 19.9 Å². The molecule has 1 aromatic carbocycles.